The third kappa shape index (κ3) is 4.60. The van der Waals surface area contributed by atoms with E-state index in [0.29, 0.717) is 32.0 Å². The van der Waals surface area contributed by atoms with Crippen LogP contribution in [-0.2, 0) is 17.8 Å². The fourth-order valence-electron chi connectivity index (χ4n) is 3.46. The normalized spacial score (nSPS) is 15.2. The Labute approximate surface area is 149 Å². The van der Waals surface area contributed by atoms with Gasteiger partial charge in [-0.1, -0.05) is 54.6 Å². The first kappa shape index (κ1) is 17.5. The van der Waals surface area contributed by atoms with Crippen molar-refractivity contribution in [3.05, 3.63) is 71.3 Å². The fraction of sp³-hybridized carbons (Fsp3) is 0.381. The lowest BCUT2D eigenvalue weighted by Crippen LogP contribution is -2.38. The van der Waals surface area contributed by atoms with E-state index in [-0.39, 0.29) is 12.7 Å². The first-order chi connectivity index (χ1) is 12.3. The van der Waals surface area contributed by atoms with Crippen molar-refractivity contribution in [1.29, 1.82) is 0 Å². The molecular weight excluding hydrogens is 314 g/mol. The van der Waals surface area contributed by atoms with Crippen molar-refractivity contribution in [2.24, 2.45) is 0 Å². The molecule has 1 saturated heterocycles. The monoisotopic (exact) mass is 339 g/mol. The molecule has 25 heavy (non-hydrogen) atoms. The van der Waals surface area contributed by atoms with Crippen LogP contribution in [0.4, 0.5) is 4.79 Å². The van der Waals surface area contributed by atoms with Crippen molar-refractivity contribution in [1.82, 2.24) is 4.90 Å². The number of benzene rings is 2. The van der Waals surface area contributed by atoms with E-state index in [1.165, 1.54) is 11.1 Å². The summed E-state index contributed by atoms with van der Waals surface area (Å²) in [6, 6.07) is 18.1. The van der Waals surface area contributed by atoms with Crippen molar-refractivity contribution >= 4 is 6.09 Å². The van der Waals surface area contributed by atoms with Crippen molar-refractivity contribution in [3.63, 3.8) is 0 Å². The molecule has 1 aliphatic heterocycles. The van der Waals surface area contributed by atoms with E-state index < -0.39 is 0 Å². The van der Waals surface area contributed by atoms with Gasteiger partial charge in [0.15, 0.2) is 0 Å². The van der Waals surface area contributed by atoms with Gasteiger partial charge >= 0.3 is 6.09 Å². The van der Waals surface area contributed by atoms with E-state index in [9.17, 15) is 9.90 Å². The van der Waals surface area contributed by atoms with Crippen molar-refractivity contribution in [2.75, 3.05) is 19.7 Å². The van der Waals surface area contributed by atoms with Gasteiger partial charge < -0.3 is 14.7 Å². The Morgan fingerprint density at radius 1 is 1.04 bits per heavy atom. The van der Waals surface area contributed by atoms with Gasteiger partial charge in [0.05, 0.1) is 0 Å². The molecule has 2 aromatic rings. The van der Waals surface area contributed by atoms with Crippen molar-refractivity contribution in [3.8, 4) is 0 Å². The maximum Gasteiger partial charge on any atom is 0.410 e. The SMILES string of the molecule is O=C(OCc1ccccc1)N1CCC(c2ccccc2CCO)CC1. The number of likely N-dealkylation sites (tertiary alicyclic amines) is 1. The maximum atomic E-state index is 12.3. The van der Waals surface area contributed by atoms with Crippen LogP contribution in [0.25, 0.3) is 0 Å². The van der Waals surface area contributed by atoms with Crippen LogP contribution < -0.4 is 0 Å². The van der Waals surface area contributed by atoms with Crippen molar-refractivity contribution in [2.45, 2.75) is 31.8 Å². The molecule has 1 heterocycles. The van der Waals surface area contributed by atoms with Crippen LogP contribution in [0.3, 0.4) is 0 Å². The summed E-state index contributed by atoms with van der Waals surface area (Å²) < 4.78 is 5.42. The van der Waals surface area contributed by atoms with Gasteiger partial charge in [0.1, 0.15) is 6.61 Å². The lowest BCUT2D eigenvalue weighted by molar-refractivity contribution is 0.0870. The molecule has 0 radical (unpaired) electrons. The average molecular weight is 339 g/mol. The number of rotatable bonds is 5. The van der Waals surface area contributed by atoms with Gasteiger partial charge in [0.25, 0.3) is 0 Å². The van der Waals surface area contributed by atoms with Crippen LogP contribution in [0.2, 0.25) is 0 Å². The predicted molar refractivity (Wildman–Crippen MR) is 97.4 cm³/mol. The molecule has 0 unspecified atom stereocenters. The van der Waals surface area contributed by atoms with Gasteiger partial charge in [-0.25, -0.2) is 4.79 Å². The van der Waals surface area contributed by atoms with E-state index >= 15 is 0 Å². The number of hydrogen-bond donors (Lipinski definition) is 1. The lowest BCUT2D eigenvalue weighted by atomic mass is 9.86. The molecule has 4 nitrogen and oxygen atoms in total. The zero-order valence-electron chi connectivity index (χ0n) is 14.4. The van der Waals surface area contributed by atoms with Crippen molar-refractivity contribution < 1.29 is 14.6 Å². The topological polar surface area (TPSA) is 49.8 Å². The second-order valence-corrected chi connectivity index (χ2v) is 6.47. The number of nitrogens with zero attached hydrogens (tertiary/aromatic N) is 1. The number of ether oxygens (including phenoxy) is 1. The van der Waals surface area contributed by atoms with Gasteiger partial charge in [-0.2, -0.15) is 0 Å². The zero-order valence-corrected chi connectivity index (χ0v) is 14.4. The minimum Gasteiger partial charge on any atom is -0.445 e. The highest BCUT2D eigenvalue weighted by Gasteiger charge is 2.25. The lowest BCUT2D eigenvalue weighted by Gasteiger charge is -2.32. The molecule has 1 aliphatic rings. The van der Waals surface area contributed by atoms with E-state index in [1.54, 1.807) is 4.90 Å². The smallest absolute Gasteiger partial charge is 0.410 e. The van der Waals surface area contributed by atoms with E-state index in [0.717, 1.165) is 18.4 Å². The molecule has 0 atom stereocenters. The van der Waals surface area contributed by atoms with Gasteiger partial charge in [-0.15, -0.1) is 0 Å². The number of piperidine rings is 1. The minimum absolute atomic E-state index is 0.168. The molecule has 1 fully saturated rings. The summed E-state index contributed by atoms with van der Waals surface area (Å²) in [4.78, 5) is 14.1. The molecule has 0 saturated carbocycles. The number of hydrogen-bond acceptors (Lipinski definition) is 3. The van der Waals surface area contributed by atoms with Crippen LogP contribution in [-0.4, -0.2) is 35.8 Å². The molecule has 0 bridgehead atoms. The summed E-state index contributed by atoms with van der Waals surface area (Å²) >= 11 is 0. The Kier molecular flexibility index (Phi) is 6.07. The van der Waals surface area contributed by atoms with Crippen LogP contribution in [0.15, 0.2) is 54.6 Å². The molecule has 0 aliphatic carbocycles. The summed E-state index contributed by atoms with van der Waals surface area (Å²) in [5.74, 6) is 0.445. The molecule has 1 N–H and O–H groups in total. The molecule has 1 amide bonds. The standard InChI is InChI=1S/C21H25NO3/c23-15-12-18-8-4-5-9-20(18)19-10-13-22(14-11-19)21(24)25-16-17-6-2-1-3-7-17/h1-9,19,23H,10-16H2. The van der Waals surface area contributed by atoms with Crippen LogP contribution in [0.1, 0.15) is 35.4 Å². The molecule has 0 spiro atoms. The fourth-order valence-corrected chi connectivity index (χ4v) is 3.46. The summed E-state index contributed by atoms with van der Waals surface area (Å²) in [6.45, 7) is 1.91. The summed E-state index contributed by atoms with van der Waals surface area (Å²) in [7, 11) is 0. The molecule has 0 aromatic heterocycles. The number of carbonyl (C=O) groups excluding carboxylic acids is 1. The van der Waals surface area contributed by atoms with E-state index in [1.807, 2.05) is 36.4 Å². The number of aliphatic hydroxyl groups excluding tert-OH is 1. The highest BCUT2D eigenvalue weighted by molar-refractivity contribution is 5.67. The Morgan fingerprint density at radius 3 is 2.44 bits per heavy atom. The largest absolute Gasteiger partial charge is 0.445 e. The molecular formula is C21H25NO3. The second-order valence-electron chi connectivity index (χ2n) is 6.47. The number of amides is 1. The third-order valence-electron chi connectivity index (χ3n) is 4.83. The minimum atomic E-state index is -0.231. The Morgan fingerprint density at radius 2 is 1.72 bits per heavy atom. The highest BCUT2D eigenvalue weighted by Crippen LogP contribution is 2.30. The molecule has 132 valence electrons. The van der Waals surface area contributed by atoms with Gasteiger partial charge in [-0.3, -0.25) is 0 Å². The summed E-state index contributed by atoms with van der Waals surface area (Å²) in [5, 5.41) is 9.24. The zero-order chi connectivity index (χ0) is 17.5. The first-order valence-corrected chi connectivity index (χ1v) is 8.92. The summed E-state index contributed by atoms with van der Waals surface area (Å²) in [6.07, 6.45) is 2.33. The Hall–Kier alpha value is -2.33. The summed E-state index contributed by atoms with van der Waals surface area (Å²) in [5.41, 5.74) is 3.53. The van der Waals surface area contributed by atoms with Gasteiger partial charge in [0.2, 0.25) is 0 Å². The third-order valence-corrected chi connectivity index (χ3v) is 4.83. The number of aliphatic hydroxyl groups is 1. The quantitative estimate of drug-likeness (QED) is 0.903. The second kappa shape index (κ2) is 8.67. The van der Waals surface area contributed by atoms with Gasteiger partial charge in [0, 0.05) is 19.7 Å². The predicted octanol–water partition coefficient (Wildman–Crippen LogP) is 3.74. The average Bonchev–Trinajstić information content (AvgIpc) is 2.68. The Balaban J connectivity index is 1.52. The van der Waals surface area contributed by atoms with E-state index in [2.05, 4.69) is 18.2 Å². The van der Waals surface area contributed by atoms with Crippen LogP contribution in [0.5, 0.6) is 0 Å². The van der Waals surface area contributed by atoms with Crippen LogP contribution in [0, 0.1) is 0 Å². The first-order valence-electron chi connectivity index (χ1n) is 8.92. The molecule has 3 rings (SSSR count). The Bertz CT molecular complexity index is 679. The van der Waals surface area contributed by atoms with Gasteiger partial charge in [-0.05, 0) is 41.9 Å². The van der Waals surface area contributed by atoms with Crippen LogP contribution >= 0.6 is 0 Å². The maximum absolute atomic E-state index is 12.3. The number of carbonyl (C=O) groups is 1. The molecule has 4 heteroatoms. The highest BCUT2D eigenvalue weighted by atomic mass is 16.6. The van der Waals surface area contributed by atoms with E-state index in [4.69, 9.17) is 4.74 Å². The molecule has 2 aromatic carbocycles.